The SMILES string of the molecule is Cc1cccc(-c2n[nH]cc2C2=C\C=C\C3=C\C(c4ccccc4)=C/CC=C=C3/C=C\2)n1. The van der Waals surface area contributed by atoms with Gasteiger partial charge in [-0.2, -0.15) is 5.10 Å². The standard InChI is InChI=1S/C29H23N3/c1-21-9-7-16-28(31-21)29-27(20-30-32-29)24-14-8-15-26-19-25(22-10-3-2-4-11-22)13-6-5-12-23(26)17-18-24/h2-5,7-11,13-20H,6H2,1H3,(H,30,32)/b15-8+,18-17-,24-14-,25-13+,26-19-. The maximum Gasteiger partial charge on any atom is 0.118 e. The summed E-state index contributed by atoms with van der Waals surface area (Å²) in [6.07, 6.45) is 20.0. The molecule has 0 saturated heterocycles. The summed E-state index contributed by atoms with van der Waals surface area (Å²) in [5.74, 6) is 0. The first-order chi connectivity index (χ1) is 15.8. The summed E-state index contributed by atoms with van der Waals surface area (Å²) in [5.41, 5.74) is 12.9. The van der Waals surface area contributed by atoms with Crippen LogP contribution in [0.25, 0.3) is 22.5 Å². The molecule has 3 heteroatoms. The molecule has 32 heavy (non-hydrogen) atoms. The molecule has 2 heterocycles. The Balaban J connectivity index is 1.53. The fourth-order valence-corrected chi connectivity index (χ4v) is 3.90. The van der Waals surface area contributed by atoms with E-state index >= 15 is 0 Å². The van der Waals surface area contributed by atoms with Crippen molar-refractivity contribution >= 4 is 11.1 Å². The van der Waals surface area contributed by atoms with Crippen LogP contribution in [0, 0.1) is 6.92 Å². The predicted octanol–water partition coefficient (Wildman–Crippen LogP) is 6.78. The van der Waals surface area contributed by atoms with Crippen LogP contribution in [0.3, 0.4) is 0 Å². The Morgan fingerprint density at radius 2 is 1.81 bits per heavy atom. The van der Waals surface area contributed by atoms with E-state index in [4.69, 9.17) is 0 Å². The van der Waals surface area contributed by atoms with Gasteiger partial charge in [0.25, 0.3) is 0 Å². The van der Waals surface area contributed by atoms with E-state index in [0.717, 1.165) is 45.8 Å². The van der Waals surface area contributed by atoms with Gasteiger partial charge in [-0.3, -0.25) is 10.1 Å². The molecule has 5 rings (SSSR count). The van der Waals surface area contributed by atoms with Crippen LogP contribution < -0.4 is 0 Å². The Hall–Kier alpha value is -4.20. The van der Waals surface area contributed by atoms with Gasteiger partial charge in [-0.1, -0.05) is 66.8 Å². The van der Waals surface area contributed by atoms with Crippen molar-refractivity contribution in [2.24, 2.45) is 0 Å². The van der Waals surface area contributed by atoms with Gasteiger partial charge in [0, 0.05) is 23.0 Å². The molecule has 3 nitrogen and oxygen atoms in total. The number of allylic oxidation sites excluding steroid dienone is 11. The van der Waals surface area contributed by atoms with Crippen molar-refractivity contribution in [2.75, 3.05) is 0 Å². The number of rotatable bonds is 3. The minimum atomic E-state index is 0.850. The molecule has 0 spiro atoms. The van der Waals surface area contributed by atoms with Gasteiger partial charge in [0.1, 0.15) is 5.69 Å². The van der Waals surface area contributed by atoms with Crippen LogP contribution in [0.2, 0.25) is 0 Å². The molecule has 0 unspecified atom stereocenters. The second-order valence-corrected chi connectivity index (χ2v) is 7.75. The third kappa shape index (κ3) is 4.15. The molecule has 0 amide bonds. The first-order valence-corrected chi connectivity index (χ1v) is 10.8. The molecular formula is C29H23N3. The van der Waals surface area contributed by atoms with Crippen molar-refractivity contribution in [1.29, 1.82) is 0 Å². The summed E-state index contributed by atoms with van der Waals surface area (Å²) in [5, 5.41) is 7.49. The van der Waals surface area contributed by atoms with Crippen molar-refractivity contribution in [3.63, 3.8) is 0 Å². The van der Waals surface area contributed by atoms with Crippen molar-refractivity contribution in [3.8, 4) is 11.4 Å². The summed E-state index contributed by atoms with van der Waals surface area (Å²) in [7, 11) is 0. The highest BCUT2D eigenvalue weighted by Crippen LogP contribution is 2.30. The predicted molar refractivity (Wildman–Crippen MR) is 132 cm³/mol. The number of fused-ring (bicyclic) bond motifs is 1. The third-order valence-electron chi connectivity index (χ3n) is 5.51. The van der Waals surface area contributed by atoms with E-state index in [-0.39, 0.29) is 0 Å². The Morgan fingerprint density at radius 1 is 0.906 bits per heavy atom. The number of hydrogen-bond acceptors (Lipinski definition) is 2. The zero-order valence-electron chi connectivity index (χ0n) is 17.9. The molecule has 0 fully saturated rings. The number of aromatic nitrogens is 3. The second kappa shape index (κ2) is 8.89. The topological polar surface area (TPSA) is 41.6 Å². The van der Waals surface area contributed by atoms with Crippen LogP contribution in [-0.2, 0) is 0 Å². The average molecular weight is 414 g/mol. The molecule has 0 aliphatic heterocycles. The lowest BCUT2D eigenvalue weighted by atomic mass is 9.93. The van der Waals surface area contributed by atoms with Crippen LogP contribution in [0.15, 0.2) is 120 Å². The summed E-state index contributed by atoms with van der Waals surface area (Å²) in [6.45, 7) is 1.99. The Kier molecular flexibility index (Phi) is 5.48. The van der Waals surface area contributed by atoms with Gasteiger partial charge in [-0.15, -0.1) is 5.73 Å². The van der Waals surface area contributed by atoms with Crippen molar-refractivity contribution in [1.82, 2.24) is 15.2 Å². The fourth-order valence-electron chi connectivity index (χ4n) is 3.90. The molecule has 0 atom stereocenters. The Bertz CT molecular complexity index is 1370. The quantitative estimate of drug-likeness (QED) is 0.481. The lowest BCUT2D eigenvalue weighted by Crippen LogP contribution is -1.93. The van der Waals surface area contributed by atoms with E-state index < -0.39 is 0 Å². The highest BCUT2D eigenvalue weighted by Gasteiger charge is 2.14. The van der Waals surface area contributed by atoms with E-state index in [1.807, 2.05) is 37.4 Å². The highest BCUT2D eigenvalue weighted by atomic mass is 15.1. The molecular weight excluding hydrogens is 390 g/mol. The molecule has 1 N–H and O–H groups in total. The lowest BCUT2D eigenvalue weighted by Gasteiger charge is -2.11. The molecule has 2 aromatic heterocycles. The maximum absolute atomic E-state index is 4.65. The van der Waals surface area contributed by atoms with Gasteiger partial charge >= 0.3 is 0 Å². The van der Waals surface area contributed by atoms with E-state index in [0.29, 0.717) is 0 Å². The Morgan fingerprint density at radius 3 is 2.69 bits per heavy atom. The lowest BCUT2D eigenvalue weighted by molar-refractivity contribution is 1.08. The third-order valence-corrected chi connectivity index (χ3v) is 5.51. The molecule has 0 radical (unpaired) electrons. The minimum absolute atomic E-state index is 0.850. The smallest absolute Gasteiger partial charge is 0.118 e. The van der Waals surface area contributed by atoms with Crippen molar-refractivity contribution in [2.45, 2.75) is 13.3 Å². The summed E-state index contributed by atoms with van der Waals surface area (Å²) in [4.78, 5) is 4.65. The number of nitrogens with one attached hydrogen (secondary N) is 1. The first-order valence-electron chi connectivity index (χ1n) is 10.8. The monoisotopic (exact) mass is 413 g/mol. The summed E-state index contributed by atoms with van der Waals surface area (Å²) < 4.78 is 0. The Labute approximate surface area is 188 Å². The minimum Gasteiger partial charge on any atom is -0.284 e. The number of aromatic amines is 1. The van der Waals surface area contributed by atoms with E-state index in [1.54, 1.807) is 0 Å². The maximum atomic E-state index is 4.65. The largest absolute Gasteiger partial charge is 0.284 e. The van der Waals surface area contributed by atoms with E-state index in [2.05, 4.69) is 93.8 Å². The highest BCUT2D eigenvalue weighted by molar-refractivity contribution is 5.85. The second-order valence-electron chi connectivity index (χ2n) is 7.75. The molecule has 2 aliphatic carbocycles. The average Bonchev–Trinajstić information content (AvgIpc) is 3.27. The van der Waals surface area contributed by atoms with Gasteiger partial charge < -0.3 is 0 Å². The fraction of sp³-hybridized carbons (Fsp3) is 0.0690. The number of benzene rings is 1. The van der Waals surface area contributed by atoms with E-state index in [1.165, 1.54) is 11.1 Å². The van der Waals surface area contributed by atoms with Crippen molar-refractivity contribution in [3.05, 3.63) is 137 Å². The first kappa shape index (κ1) is 19.7. The molecule has 0 bridgehead atoms. The van der Waals surface area contributed by atoms with Crippen molar-refractivity contribution < 1.29 is 0 Å². The molecule has 2 aliphatic rings. The zero-order valence-corrected chi connectivity index (χ0v) is 17.9. The van der Waals surface area contributed by atoms with Gasteiger partial charge in [0.15, 0.2) is 0 Å². The molecule has 1 aromatic carbocycles. The molecule has 0 saturated carbocycles. The zero-order chi connectivity index (χ0) is 21.8. The van der Waals surface area contributed by atoms with E-state index in [9.17, 15) is 0 Å². The van der Waals surface area contributed by atoms with Gasteiger partial charge in [0.05, 0.1) is 5.69 Å². The number of hydrogen-bond donors (Lipinski definition) is 1. The normalized spacial score (nSPS) is 22.3. The van der Waals surface area contributed by atoms with Gasteiger partial charge in [-0.05, 0) is 66.0 Å². The van der Waals surface area contributed by atoms with Gasteiger partial charge in [0.2, 0.25) is 0 Å². The van der Waals surface area contributed by atoms with Crippen LogP contribution >= 0.6 is 0 Å². The van der Waals surface area contributed by atoms with Crippen LogP contribution in [-0.4, -0.2) is 15.2 Å². The van der Waals surface area contributed by atoms with Crippen LogP contribution in [0.5, 0.6) is 0 Å². The number of H-pyrrole nitrogens is 1. The summed E-state index contributed by atoms with van der Waals surface area (Å²) in [6, 6.07) is 16.5. The van der Waals surface area contributed by atoms with Crippen LogP contribution in [0.1, 0.15) is 23.2 Å². The van der Waals surface area contributed by atoms with Gasteiger partial charge in [-0.25, -0.2) is 0 Å². The number of nitrogens with zero attached hydrogens (tertiary/aromatic N) is 2. The number of aryl methyl sites for hydroxylation is 1. The number of pyridine rings is 1. The van der Waals surface area contributed by atoms with Crippen LogP contribution in [0.4, 0.5) is 0 Å². The molecule has 154 valence electrons. The molecule has 3 aromatic rings. The summed E-state index contributed by atoms with van der Waals surface area (Å²) >= 11 is 0.